The lowest BCUT2D eigenvalue weighted by Crippen LogP contribution is -2.33. The third kappa shape index (κ3) is 5.13. The zero-order valence-electron chi connectivity index (χ0n) is 10.6. The van der Waals surface area contributed by atoms with Crippen molar-refractivity contribution in [3.05, 3.63) is 29.8 Å². The molecule has 1 rings (SSSR count). The maximum absolute atomic E-state index is 10.8. The first kappa shape index (κ1) is 13.9. The van der Waals surface area contributed by atoms with Crippen LogP contribution in [0.15, 0.2) is 29.2 Å². The lowest BCUT2D eigenvalue weighted by Gasteiger charge is -2.14. The summed E-state index contributed by atoms with van der Waals surface area (Å²) >= 11 is 1.85. The van der Waals surface area contributed by atoms with Crippen molar-refractivity contribution in [2.75, 3.05) is 13.6 Å². The molecule has 2 N–H and O–H groups in total. The summed E-state index contributed by atoms with van der Waals surface area (Å²) in [5.41, 5.74) is 6.39. The second-order valence-corrected chi connectivity index (χ2v) is 5.97. The normalized spacial score (nSPS) is 10.6. The third-order valence-electron chi connectivity index (χ3n) is 2.41. The number of rotatable bonds is 5. The summed E-state index contributed by atoms with van der Waals surface area (Å²) in [5, 5.41) is 0.599. The van der Waals surface area contributed by atoms with Crippen LogP contribution in [0.25, 0.3) is 0 Å². The summed E-state index contributed by atoms with van der Waals surface area (Å²) in [4.78, 5) is 13.6. The van der Waals surface area contributed by atoms with Gasteiger partial charge in [0.2, 0.25) is 0 Å². The smallest absolute Gasteiger partial charge is 0.314 e. The van der Waals surface area contributed by atoms with E-state index >= 15 is 0 Å². The van der Waals surface area contributed by atoms with Crippen molar-refractivity contribution in [1.29, 1.82) is 0 Å². The summed E-state index contributed by atoms with van der Waals surface area (Å²) in [6.07, 6.45) is 0.839. The molecule has 0 unspecified atom stereocenters. The first-order valence-corrected chi connectivity index (χ1v) is 6.63. The maximum Gasteiger partial charge on any atom is 0.314 e. The molecule has 0 aliphatic heterocycles. The van der Waals surface area contributed by atoms with Crippen LogP contribution in [-0.4, -0.2) is 29.8 Å². The van der Waals surface area contributed by atoms with E-state index in [1.165, 1.54) is 15.4 Å². The SMILES string of the molecule is CC(C)Sc1ccc(CCN(C)C(N)=O)cc1. The van der Waals surface area contributed by atoms with Gasteiger partial charge in [-0.1, -0.05) is 26.0 Å². The predicted molar refractivity (Wildman–Crippen MR) is 73.4 cm³/mol. The molecule has 1 aromatic carbocycles. The molecule has 0 fully saturated rings. The van der Waals surface area contributed by atoms with Crippen LogP contribution in [-0.2, 0) is 6.42 Å². The molecule has 0 saturated carbocycles. The molecular weight excluding hydrogens is 232 g/mol. The molecule has 0 aliphatic carbocycles. The molecule has 0 bridgehead atoms. The van der Waals surface area contributed by atoms with Gasteiger partial charge in [-0.05, 0) is 24.1 Å². The van der Waals surface area contributed by atoms with Crippen LogP contribution in [0.3, 0.4) is 0 Å². The lowest BCUT2D eigenvalue weighted by atomic mass is 10.1. The highest BCUT2D eigenvalue weighted by molar-refractivity contribution is 7.99. The molecule has 17 heavy (non-hydrogen) atoms. The Hall–Kier alpha value is -1.16. The molecule has 3 nitrogen and oxygen atoms in total. The fourth-order valence-electron chi connectivity index (χ4n) is 1.41. The molecule has 0 saturated heterocycles. The summed E-state index contributed by atoms with van der Waals surface area (Å²) in [7, 11) is 1.71. The van der Waals surface area contributed by atoms with Gasteiger partial charge in [0.05, 0.1) is 0 Å². The number of primary amides is 1. The van der Waals surface area contributed by atoms with Crippen LogP contribution in [0.4, 0.5) is 4.79 Å². The summed E-state index contributed by atoms with van der Waals surface area (Å²) in [5.74, 6) is 0. The van der Waals surface area contributed by atoms with Crippen LogP contribution in [0.5, 0.6) is 0 Å². The Labute approximate surface area is 107 Å². The fraction of sp³-hybridized carbons (Fsp3) is 0.462. The van der Waals surface area contributed by atoms with Gasteiger partial charge in [-0.2, -0.15) is 0 Å². The average Bonchev–Trinajstić information content (AvgIpc) is 2.26. The van der Waals surface area contributed by atoms with Gasteiger partial charge in [0, 0.05) is 23.7 Å². The van der Waals surface area contributed by atoms with Gasteiger partial charge < -0.3 is 10.6 Å². The van der Waals surface area contributed by atoms with Crippen LogP contribution < -0.4 is 5.73 Å². The van der Waals surface area contributed by atoms with Crippen molar-refractivity contribution in [2.45, 2.75) is 30.4 Å². The number of hydrogen-bond acceptors (Lipinski definition) is 2. The Morgan fingerprint density at radius 2 is 1.94 bits per heavy atom. The van der Waals surface area contributed by atoms with Crippen molar-refractivity contribution >= 4 is 17.8 Å². The molecule has 0 radical (unpaired) electrons. The molecule has 0 aliphatic rings. The number of thioether (sulfide) groups is 1. The van der Waals surface area contributed by atoms with Crippen molar-refractivity contribution in [2.24, 2.45) is 5.73 Å². The number of urea groups is 1. The van der Waals surface area contributed by atoms with Crippen LogP contribution in [0, 0.1) is 0 Å². The van der Waals surface area contributed by atoms with Gasteiger partial charge in [0.1, 0.15) is 0 Å². The Morgan fingerprint density at radius 1 is 1.35 bits per heavy atom. The molecular formula is C13H20N2OS. The first-order valence-electron chi connectivity index (χ1n) is 5.75. The van der Waals surface area contributed by atoms with E-state index in [0.29, 0.717) is 11.8 Å². The van der Waals surface area contributed by atoms with E-state index in [4.69, 9.17) is 5.73 Å². The number of nitrogens with zero attached hydrogens (tertiary/aromatic N) is 1. The van der Waals surface area contributed by atoms with E-state index in [2.05, 4.69) is 38.1 Å². The number of amides is 2. The minimum atomic E-state index is -0.378. The topological polar surface area (TPSA) is 46.3 Å². The molecule has 0 aromatic heterocycles. The molecule has 1 aromatic rings. The van der Waals surface area contributed by atoms with Crippen LogP contribution in [0.2, 0.25) is 0 Å². The van der Waals surface area contributed by atoms with Crippen molar-refractivity contribution in [3.8, 4) is 0 Å². The first-order chi connectivity index (χ1) is 7.99. The lowest BCUT2D eigenvalue weighted by molar-refractivity contribution is 0.219. The molecule has 4 heteroatoms. The number of hydrogen-bond donors (Lipinski definition) is 1. The standard InChI is InChI=1S/C13H20N2OS/c1-10(2)17-12-6-4-11(5-7-12)8-9-15(3)13(14)16/h4-7,10H,8-9H2,1-3H3,(H2,14,16). The zero-order chi connectivity index (χ0) is 12.8. The Morgan fingerprint density at radius 3 is 2.41 bits per heavy atom. The molecule has 0 heterocycles. The largest absolute Gasteiger partial charge is 0.351 e. The van der Waals surface area contributed by atoms with Crippen molar-refractivity contribution in [3.63, 3.8) is 0 Å². The van der Waals surface area contributed by atoms with Crippen molar-refractivity contribution in [1.82, 2.24) is 4.90 Å². The second-order valence-electron chi connectivity index (χ2n) is 4.32. The summed E-state index contributed by atoms with van der Waals surface area (Å²) in [6, 6.07) is 8.10. The Balaban J connectivity index is 2.48. The van der Waals surface area contributed by atoms with Gasteiger partial charge in [0.25, 0.3) is 0 Å². The van der Waals surface area contributed by atoms with E-state index in [0.717, 1.165) is 6.42 Å². The maximum atomic E-state index is 10.8. The van der Waals surface area contributed by atoms with Gasteiger partial charge in [-0.3, -0.25) is 0 Å². The number of carbonyl (C=O) groups is 1. The highest BCUT2D eigenvalue weighted by atomic mass is 32.2. The monoisotopic (exact) mass is 252 g/mol. The summed E-state index contributed by atoms with van der Waals surface area (Å²) < 4.78 is 0. The highest BCUT2D eigenvalue weighted by Crippen LogP contribution is 2.22. The van der Waals surface area contributed by atoms with Gasteiger partial charge in [-0.15, -0.1) is 11.8 Å². The molecule has 0 spiro atoms. The number of likely N-dealkylation sites (N-methyl/N-ethyl adjacent to an activating group) is 1. The van der Waals surface area contributed by atoms with E-state index in [1.54, 1.807) is 7.05 Å². The molecule has 0 atom stereocenters. The Kier molecular flexibility index (Phi) is 5.35. The number of nitrogens with two attached hydrogens (primary N) is 1. The van der Waals surface area contributed by atoms with E-state index in [9.17, 15) is 4.79 Å². The highest BCUT2D eigenvalue weighted by Gasteiger charge is 2.03. The van der Waals surface area contributed by atoms with Gasteiger partial charge in [0.15, 0.2) is 0 Å². The zero-order valence-corrected chi connectivity index (χ0v) is 11.5. The number of carbonyl (C=O) groups excluding carboxylic acids is 1. The quantitative estimate of drug-likeness (QED) is 0.819. The minimum Gasteiger partial charge on any atom is -0.351 e. The summed E-state index contributed by atoms with van der Waals surface area (Å²) in [6.45, 7) is 5.02. The van der Waals surface area contributed by atoms with Gasteiger partial charge in [-0.25, -0.2) is 4.79 Å². The minimum absolute atomic E-state index is 0.378. The van der Waals surface area contributed by atoms with Crippen LogP contribution in [0.1, 0.15) is 19.4 Å². The Bertz CT molecular complexity index is 362. The third-order valence-corrected chi connectivity index (χ3v) is 3.42. The number of benzene rings is 1. The average molecular weight is 252 g/mol. The van der Waals surface area contributed by atoms with E-state index in [-0.39, 0.29) is 6.03 Å². The predicted octanol–water partition coefficient (Wildman–Crippen LogP) is 2.74. The van der Waals surface area contributed by atoms with E-state index < -0.39 is 0 Å². The van der Waals surface area contributed by atoms with Gasteiger partial charge >= 0.3 is 6.03 Å². The molecule has 94 valence electrons. The van der Waals surface area contributed by atoms with Crippen LogP contribution >= 0.6 is 11.8 Å². The van der Waals surface area contributed by atoms with Crippen molar-refractivity contribution < 1.29 is 4.79 Å². The van der Waals surface area contributed by atoms with E-state index in [1.807, 2.05) is 11.8 Å². The molecule has 2 amide bonds. The fourth-order valence-corrected chi connectivity index (χ4v) is 2.25. The second kappa shape index (κ2) is 6.55.